The van der Waals surface area contributed by atoms with Crippen LogP contribution in [0.4, 0.5) is 0 Å². The van der Waals surface area contributed by atoms with Crippen LogP contribution in [-0.4, -0.2) is 72.2 Å². The van der Waals surface area contributed by atoms with Gasteiger partial charge in [0.1, 0.15) is 0 Å². The first-order chi connectivity index (χ1) is 40.3. The molecule has 50 heteroatoms. The van der Waals surface area contributed by atoms with Gasteiger partial charge in [0, 0.05) is 175 Å². The van der Waals surface area contributed by atoms with Gasteiger partial charge in [0.05, 0.1) is 20.3 Å². The van der Waals surface area contributed by atoms with Gasteiger partial charge in [-0.05, 0) is 110 Å². The van der Waals surface area contributed by atoms with Crippen LogP contribution in [0.5, 0.6) is 0 Å². The summed E-state index contributed by atoms with van der Waals surface area (Å²) >= 11 is 0. The van der Waals surface area contributed by atoms with E-state index in [0.717, 1.165) is 0 Å². The summed E-state index contributed by atoms with van der Waals surface area (Å²) in [4.78, 5) is 81.6. The molecule has 0 atom stereocenters. The third kappa shape index (κ3) is 62.1. The van der Waals surface area contributed by atoms with Gasteiger partial charge in [-0.1, -0.05) is 62.4 Å². The maximum atomic E-state index is 11.8. The van der Waals surface area contributed by atoms with Crippen molar-refractivity contribution in [2.24, 2.45) is 0 Å². The molecule has 0 bridgehead atoms. The number of aromatic nitrogens is 8. The molecule has 8 aromatic rings. The van der Waals surface area contributed by atoms with Crippen molar-refractivity contribution in [1.82, 2.24) is 39.9 Å². The number of rotatable bonds is 10. The molecule has 0 unspecified atom stereocenters. The van der Waals surface area contributed by atoms with Crippen LogP contribution in [0.25, 0.3) is 0 Å². The first-order valence-corrected chi connectivity index (χ1v) is 22.9. The van der Waals surface area contributed by atoms with Crippen LogP contribution in [-0.2, 0) is 145 Å². The standard InChI is InChI=1S/4C11H8N2O2.2C3H6O2.2Gd.4Mn.4NO3.8O/c4*14-11(15,9-5-1-3-7-12-9)10-6-2-4-8-13-10;2*1-2-3(4)5;;;;;;;4*2-1(3)4;;;;;;;;/h4*1-8H;2*2H2,1H3,(H,4,5);;;;;;;;;;;;;;;;;;/q4*-2;;;2*+3;;;;;4*-1;8*-2/p-2. The monoisotopic (exact) mass is 1860 g/mol. The Morgan fingerprint density at radius 1 is 0.280 bits per heavy atom. The molecule has 0 amide bonds. The van der Waals surface area contributed by atoms with E-state index in [0.29, 0.717) is 0 Å². The molecule has 100 heavy (non-hydrogen) atoms. The van der Waals surface area contributed by atoms with Crippen molar-refractivity contribution < 1.29 is 273 Å². The van der Waals surface area contributed by atoms with E-state index in [-0.39, 0.29) is 250 Å². The van der Waals surface area contributed by atoms with E-state index in [2.05, 4.69) is 39.9 Å². The minimum atomic E-state index is -2.64. The second-order valence-corrected chi connectivity index (χ2v) is 14.5. The maximum Gasteiger partial charge on any atom is 3.00 e. The van der Waals surface area contributed by atoms with E-state index in [9.17, 15) is 60.7 Å². The van der Waals surface area contributed by atoms with Crippen molar-refractivity contribution >= 4 is 11.9 Å². The average molecular weight is 1860 g/mol. The summed E-state index contributed by atoms with van der Waals surface area (Å²) in [5.74, 6) is -12.5. The van der Waals surface area contributed by atoms with Crippen molar-refractivity contribution in [2.45, 2.75) is 49.8 Å². The molecule has 8 heterocycles. The third-order valence-corrected chi connectivity index (χ3v) is 8.59. The number of hydrogen-bond donors (Lipinski definition) is 0. The number of carbonyl (C=O) groups excluding carboxylic acids is 2. The maximum absolute atomic E-state index is 11.8. The SMILES string of the molecule is CCC(=O)[O-].CCC(=O)[O-].O=[N+]([O-])[O-].O=[N+]([O-])[O-].O=[N+]([O-])[O-].O=[N+]([O-])[O-].[Gd+3].[Gd+3].[Mn].[Mn].[Mn].[Mn].[O-2].[O-2].[O-2].[O-2].[O-2].[O-2].[O-2].[O-2].[O-]C([O-])(c1ccccn1)c1ccccn1.[O-]C([O-])(c1ccccn1)c1ccccn1.[O-]C([O-])(c1ccccn1)c1ccccn1.[O-]C([O-])(c1ccccn1)c1ccccn1. The van der Waals surface area contributed by atoms with E-state index < -0.39 is 55.4 Å². The number of hydrogen-bond acceptors (Lipinski definition) is 32. The minimum Gasteiger partial charge on any atom is -2.00 e. The van der Waals surface area contributed by atoms with Crippen molar-refractivity contribution in [3.8, 4) is 0 Å². The van der Waals surface area contributed by atoms with Crippen LogP contribution in [0, 0.1) is 141 Å². The third-order valence-electron chi connectivity index (χ3n) is 8.59. The predicted octanol–water partition coefficient (Wildman–Crippen LogP) is -6.03. The summed E-state index contributed by atoms with van der Waals surface area (Å²) in [5, 5.41) is 172. The Hall–Kier alpha value is -6.97. The molecule has 0 aliphatic carbocycles. The fraction of sp³-hybridized carbons (Fsp3) is 0.160. The molecule has 44 nitrogen and oxygen atoms in total. The summed E-state index contributed by atoms with van der Waals surface area (Å²) in [6.45, 7) is 3.07. The Morgan fingerprint density at radius 3 is 0.410 bits per heavy atom. The topological polar surface area (TPSA) is 861 Å². The second kappa shape index (κ2) is 74.7. The van der Waals surface area contributed by atoms with Crippen molar-refractivity contribution in [1.29, 1.82) is 0 Å². The summed E-state index contributed by atoms with van der Waals surface area (Å²) < 4.78 is 0. The average Bonchev–Trinajstić information content (AvgIpc) is 0.851. The molecule has 562 valence electrons. The van der Waals surface area contributed by atoms with Crippen LogP contribution in [0.15, 0.2) is 195 Å². The van der Waals surface area contributed by atoms with Gasteiger partial charge in [0.15, 0.2) is 0 Å². The van der Waals surface area contributed by atoms with E-state index in [4.69, 9.17) is 61.3 Å². The molecule has 8 rings (SSSR count). The normalized spacial score (nSPS) is 8.50. The summed E-state index contributed by atoms with van der Waals surface area (Å²) in [5.41, 5.74) is -0.528. The molecule has 8 aromatic heterocycles. The van der Waals surface area contributed by atoms with Gasteiger partial charge in [0.25, 0.3) is 0 Å². The number of carbonyl (C=O) groups is 2. The van der Waals surface area contributed by atoms with Gasteiger partial charge in [-0.2, -0.15) is 0 Å². The van der Waals surface area contributed by atoms with E-state index >= 15 is 0 Å². The fourth-order valence-corrected chi connectivity index (χ4v) is 4.98. The first kappa shape index (κ1) is 133. The number of pyridine rings is 8. The molecule has 6 radical (unpaired) electrons. The Morgan fingerprint density at radius 2 is 0.360 bits per heavy atom. The quantitative estimate of drug-likeness (QED) is 0.0532. The number of aliphatic carboxylic acids is 2. The Bertz CT molecular complexity index is 2580. The first-order valence-electron chi connectivity index (χ1n) is 22.9. The van der Waals surface area contributed by atoms with Crippen LogP contribution < -0.4 is 51.1 Å². The molecule has 0 N–H and O–H groups in total. The van der Waals surface area contributed by atoms with Crippen molar-refractivity contribution in [2.75, 3.05) is 0 Å². The predicted molar refractivity (Wildman–Crippen MR) is 275 cm³/mol. The molecule has 0 fully saturated rings. The van der Waals surface area contributed by atoms with Crippen LogP contribution >= 0.6 is 0 Å². The van der Waals surface area contributed by atoms with Gasteiger partial charge >= 0.3 is 79.9 Å². The molecular formula is C50H42Gd2Mn4N12O32-24. The van der Waals surface area contributed by atoms with Gasteiger partial charge < -0.3 is 166 Å². The number of nitrogens with zero attached hydrogens (tertiary/aromatic N) is 12. The Balaban J connectivity index is -0.0000000577. The second-order valence-electron chi connectivity index (χ2n) is 14.5. The molecular weight excluding hydrogens is 1810 g/mol. The Labute approximate surface area is 670 Å². The largest absolute Gasteiger partial charge is 3.00 e. The number of carboxylic acid groups (broad SMARTS) is 2. The van der Waals surface area contributed by atoms with Gasteiger partial charge in [-0.15, -0.1) is 23.1 Å². The van der Waals surface area contributed by atoms with Crippen LogP contribution in [0.3, 0.4) is 0 Å². The molecule has 0 saturated heterocycles. The Kier molecular flexibility index (Phi) is 99.2. The summed E-state index contributed by atoms with van der Waals surface area (Å²) in [6.07, 6.45) is 11.6. The van der Waals surface area contributed by atoms with Crippen LogP contribution in [0.1, 0.15) is 72.2 Å². The molecule has 0 aliphatic rings. The summed E-state index contributed by atoms with van der Waals surface area (Å²) in [7, 11) is 0. The minimum absolute atomic E-state index is 0. The number of carboxylic acids is 2. The van der Waals surface area contributed by atoms with E-state index in [1.165, 1.54) is 112 Å². The molecule has 0 spiro atoms. The van der Waals surface area contributed by atoms with Crippen molar-refractivity contribution in [3.05, 3.63) is 302 Å². The van der Waals surface area contributed by atoms with Crippen molar-refractivity contribution in [3.63, 3.8) is 0 Å². The zero-order valence-electron chi connectivity index (χ0n) is 49.5. The molecule has 0 aliphatic heterocycles. The smallest absolute Gasteiger partial charge is 2.00 e. The summed E-state index contributed by atoms with van der Waals surface area (Å²) in [6, 6.07) is 37.4. The molecule has 0 aromatic carbocycles. The molecule has 0 saturated carbocycles. The zero-order chi connectivity index (χ0) is 65.8. The van der Waals surface area contributed by atoms with Gasteiger partial charge in [-0.25, -0.2) is 0 Å². The van der Waals surface area contributed by atoms with Gasteiger partial charge in [-0.3, -0.25) is 39.9 Å². The van der Waals surface area contributed by atoms with E-state index in [1.54, 1.807) is 97.1 Å². The van der Waals surface area contributed by atoms with Crippen LogP contribution in [0.2, 0.25) is 0 Å². The zero-order valence-corrected chi connectivity index (χ0v) is 58.8. The van der Waals surface area contributed by atoms with Gasteiger partial charge in [0.2, 0.25) is 0 Å². The fourth-order valence-electron chi connectivity index (χ4n) is 4.98. The van der Waals surface area contributed by atoms with E-state index in [1.807, 2.05) is 0 Å².